The number of unbranched alkanes of at least 4 members (excludes halogenated alkanes) is 1. The number of benzene rings is 2. The third kappa shape index (κ3) is 4.05. The Hall–Kier alpha value is -3.20. The van der Waals surface area contributed by atoms with Gasteiger partial charge in [0.15, 0.2) is 5.16 Å². The Kier molecular flexibility index (Phi) is 6.03. The molecule has 31 heavy (non-hydrogen) atoms. The Morgan fingerprint density at radius 1 is 1.16 bits per heavy atom. The first kappa shape index (κ1) is 21.0. The van der Waals surface area contributed by atoms with Crippen molar-refractivity contribution >= 4 is 40.0 Å². The van der Waals surface area contributed by atoms with Gasteiger partial charge < -0.3 is 5.32 Å². The highest BCUT2D eigenvalue weighted by molar-refractivity contribution is 8.00. The number of nitrogens with zero attached hydrogens (tertiary/aromatic N) is 4. The molecule has 160 valence electrons. The fourth-order valence-corrected chi connectivity index (χ4v) is 4.19. The number of fused-ring (bicyclic) bond motifs is 3. The number of halogens is 1. The van der Waals surface area contributed by atoms with Crippen LogP contribution in [0.15, 0.2) is 58.5 Å². The largest absolute Gasteiger partial charge is 0.323 e. The van der Waals surface area contributed by atoms with Crippen LogP contribution in [0.4, 0.5) is 10.1 Å². The van der Waals surface area contributed by atoms with E-state index in [9.17, 15) is 14.0 Å². The minimum absolute atomic E-state index is 0.106. The summed E-state index contributed by atoms with van der Waals surface area (Å²) < 4.78 is 17.3. The zero-order chi connectivity index (χ0) is 22.0. The second-order valence-corrected chi connectivity index (χ2v) is 8.48. The van der Waals surface area contributed by atoms with E-state index in [0.717, 1.165) is 12.8 Å². The summed E-state index contributed by atoms with van der Waals surface area (Å²) in [5.41, 5.74) is 0.709. The molecule has 7 nitrogen and oxygen atoms in total. The molecule has 4 rings (SSSR count). The number of rotatable bonds is 7. The highest BCUT2D eigenvalue weighted by Gasteiger charge is 2.22. The molecule has 0 radical (unpaired) electrons. The molecule has 0 fully saturated rings. The maximum atomic E-state index is 13.9. The molecule has 1 atom stereocenters. The second-order valence-electron chi connectivity index (χ2n) is 7.17. The molecule has 1 N–H and O–H groups in total. The van der Waals surface area contributed by atoms with Crippen LogP contribution in [0.5, 0.6) is 0 Å². The number of para-hydroxylation sites is 2. The van der Waals surface area contributed by atoms with Crippen LogP contribution in [-0.4, -0.2) is 30.3 Å². The van der Waals surface area contributed by atoms with Gasteiger partial charge in [0.1, 0.15) is 5.82 Å². The van der Waals surface area contributed by atoms with Crippen molar-refractivity contribution in [3.05, 3.63) is 64.7 Å². The molecule has 0 aliphatic carbocycles. The fourth-order valence-electron chi connectivity index (χ4n) is 3.34. The van der Waals surface area contributed by atoms with Crippen molar-refractivity contribution in [1.29, 1.82) is 0 Å². The van der Waals surface area contributed by atoms with Crippen LogP contribution in [-0.2, 0) is 11.3 Å². The van der Waals surface area contributed by atoms with Gasteiger partial charge in [0, 0.05) is 6.54 Å². The maximum Gasteiger partial charge on any atom is 0.262 e. The van der Waals surface area contributed by atoms with Crippen LogP contribution in [0.1, 0.15) is 26.7 Å². The van der Waals surface area contributed by atoms with Gasteiger partial charge in [-0.05, 0) is 37.6 Å². The number of hydrogen-bond acceptors (Lipinski definition) is 5. The first-order valence-corrected chi connectivity index (χ1v) is 11.0. The van der Waals surface area contributed by atoms with Gasteiger partial charge in [-0.1, -0.05) is 49.4 Å². The number of nitrogens with one attached hydrogen (secondary N) is 1. The summed E-state index contributed by atoms with van der Waals surface area (Å²) in [5, 5.41) is 11.6. The summed E-state index contributed by atoms with van der Waals surface area (Å²) in [5.74, 6) is -0.399. The predicted octanol–water partition coefficient (Wildman–Crippen LogP) is 4.10. The van der Waals surface area contributed by atoms with E-state index < -0.39 is 11.1 Å². The zero-order valence-electron chi connectivity index (χ0n) is 17.2. The van der Waals surface area contributed by atoms with Gasteiger partial charge in [-0.2, -0.15) is 0 Å². The molecule has 0 bridgehead atoms. The molecule has 1 amide bonds. The van der Waals surface area contributed by atoms with Crippen molar-refractivity contribution in [2.24, 2.45) is 0 Å². The number of hydrogen-bond donors (Lipinski definition) is 1. The number of aryl methyl sites for hydroxylation is 1. The van der Waals surface area contributed by atoms with Crippen molar-refractivity contribution in [1.82, 2.24) is 19.2 Å². The summed E-state index contributed by atoms with van der Waals surface area (Å²) >= 11 is 1.21. The van der Waals surface area contributed by atoms with Gasteiger partial charge >= 0.3 is 0 Å². The van der Waals surface area contributed by atoms with Crippen LogP contribution >= 0.6 is 11.8 Å². The number of thioether (sulfide) groups is 1. The summed E-state index contributed by atoms with van der Waals surface area (Å²) in [6.07, 6.45) is 1.78. The Balaban J connectivity index is 1.71. The smallest absolute Gasteiger partial charge is 0.262 e. The van der Waals surface area contributed by atoms with E-state index in [1.165, 1.54) is 23.9 Å². The van der Waals surface area contributed by atoms with E-state index in [-0.39, 0.29) is 17.2 Å². The van der Waals surface area contributed by atoms with E-state index in [4.69, 9.17) is 0 Å². The molecule has 0 aliphatic heterocycles. The molecule has 0 saturated heterocycles. The zero-order valence-corrected chi connectivity index (χ0v) is 18.0. The summed E-state index contributed by atoms with van der Waals surface area (Å²) in [6, 6.07) is 13.3. The first-order valence-electron chi connectivity index (χ1n) is 10.1. The lowest BCUT2D eigenvalue weighted by Gasteiger charge is -2.13. The van der Waals surface area contributed by atoms with Crippen molar-refractivity contribution in [3.63, 3.8) is 0 Å². The molecular formula is C22H22FN5O2S. The second kappa shape index (κ2) is 8.89. The third-order valence-corrected chi connectivity index (χ3v) is 6.04. The van der Waals surface area contributed by atoms with Crippen LogP contribution < -0.4 is 10.9 Å². The summed E-state index contributed by atoms with van der Waals surface area (Å²) in [6.45, 7) is 4.32. The lowest BCUT2D eigenvalue weighted by molar-refractivity contribution is -0.115. The topological polar surface area (TPSA) is 81.3 Å². The third-order valence-electron chi connectivity index (χ3n) is 5.00. The van der Waals surface area contributed by atoms with Crippen molar-refractivity contribution < 1.29 is 9.18 Å². The molecule has 0 spiro atoms. The van der Waals surface area contributed by atoms with Gasteiger partial charge in [-0.15, -0.1) is 10.2 Å². The van der Waals surface area contributed by atoms with Crippen molar-refractivity contribution in [2.75, 3.05) is 5.32 Å². The minimum atomic E-state index is -0.568. The van der Waals surface area contributed by atoms with Crippen LogP contribution in [0, 0.1) is 5.82 Å². The number of amides is 1. The normalized spacial score (nSPS) is 12.4. The van der Waals surface area contributed by atoms with Gasteiger partial charge in [-0.3, -0.25) is 18.6 Å². The van der Waals surface area contributed by atoms with Gasteiger partial charge in [0.05, 0.1) is 21.8 Å². The molecule has 9 heteroatoms. The monoisotopic (exact) mass is 439 g/mol. The van der Waals surface area contributed by atoms with Crippen molar-refractivity contribution in [3.8, 4) is 0 Å². The molecule has 2 aromatic carbocycles. The fraction of sp³-hybridized carbons (Fsp3) is 0.273. The molecular weight excluding hydrogens is 417 g/mol. The van der Waals surface area contributed by atoms with Crippen LogP contribution in [0.3, 0.4) is 0 Å². The van der Waals surface area contributed by atoms with Crippen molar-refractivity contribution in [2.45, 2.75) is 43.6 Å². The van der Waals surface area contributed by atoms with Crippen LogP contribution in [0.25, 0.3) is 16.7 Å². The Morgan fingerprint density at radius 3 is 2.68 bits per heavy atom. The first-order chi connectivity index (χ1) is 15.0. The summed E-state index contributed by atoms with van der Waals surface area (Å²) in [7, 11) is 0. The van der Waals surface area contributed by atoms with E-state index in [1.54, 1.807) is 29.7 Å². The maximum absolute atomic E-state index is 13.9. The highest BCUT2D eigenvalue weighted by Crippen LogP contribution is 2.26. The molecule has 4 aromatic rings. The Morgan fingerprint density at radius 2 is 1.90 bits per heavy atom. The molecule has 1 unspecified atom stereocenters. The molecule has 2 aromatic heterocycles. The molecule has 0 aliphatic rings. The van der Waals surface area contributed by atoms with E-state index >= 15 is 0 Å². The van der Waals surface area contributed by atoms with E-state index in [2.05, 4.69) is 22.4 Å². The highest BCUT2D eigenvalue weighted by atomic mass is 32.2. The van der Waals surface area contributed by atoms with Gasteiger partial charge in [0.25, 0.3) is 5.56 Å². The standard InChI is InChI=1S/C22H22FN5O2S/c1-3-4-13-27-20(30)15-9-5-8-12-18(15)28-21(27)25-26-22(28)31-14(2)19(29)24-17-11-7-6-10-16(17)23/h5-12,14H,3-4,13H2,1-2H3,(H,24,29). The van der Waals surface area contributed by atoms with E-state index in [1.807, 2.05) is 22.6 Å². The minimum Gasteiger partial charge on any atom is -0.323 e. The number of anilines is 1. The van der Waals surface area contributed by atoms with Gasteiger partial charge in [0.2, 0.25) is 11.7 Å². The summed E-state index contributed by atoms with van der Waals surface area (Å²) in [4.78, 5) is 25.6. The lowest BCUT2D eigenvalue weighted by Crippen LogP contribution is -2.24. The van der Waals surface area contributed by atoms with Crippen LogP contribution in [0.2, 0.25) is 0 Å². The number of aromatic nitrogens is 4. The quantitative estimate of drug-likeness (QED) is 0.439. The average Bonchev–Trinajstić information content (AvgIpc) is 3.18. The lowest BCUT2D eigenvalue weighted by atomic mass is 10.2. The SMILES string of the molecule is CCCCn1c(=O)c2ccccc2n2c(SC(C)C(=O)Nc3ccccc3F)nnc12. The molecule has 0 saturated carbocycles. The predicted molar refractivity (Wildman–Crippen MR) is 120 cm³/mol. The van der Waals surface area contributed by atoms with Gasteiger partial charge in [-0.25, -0.2) is 4.39 Å². The number of carbonyl (C=O) groups is 1. The van der Waals surface area contributed by atoms with E-state index in [0.29, 0.717) is 28.4 Å². The number of carbonyl (C=O) groups excluding carboxylic acids is 1. The Labute approximate surface area is 182 Å². The Bertz CT molecular complexity index is 1320. The molecule has 2 heterocycles. The average molecular weight is 440 g/mol.